The fraction of sp³-hybridized carbons (Fsp3) is 0.308. The SMILES string of the molecule is Cc1c(CN(C)CC(O)c2cnccn2)sc2c(=O)c(CC(=O)NCc3ccc(Cl)cc3)cn(C)c12. The molecule has 0 aliphatic heterocycles. The van der Waals surface area contributed by atoms with Crippen molar-refractivity contribution in [3.05, 3.63) is 91.6 Å². The molecule has 0 spiro atoms. The largest absolute Gasteiger partial charge is 0.385 e. The first kappa shape index (κ1) is 26.0. The lowest BCUT2D eigenvalue weighted by Gasteiger charge is -2.19. The number of carbonyl (C=O) groups is 1. The third-order valence-electron chi connectivity index (χ3n) is 5.99. The standard InChI is InChI=1S/C26H28ClN5O3S/c1-16-22(15-31(2)14-21(33)20-12-28-8-9-29-20)36-26-24(16)32(3)13-18(25(26)35)10-23(34)30-11-17-4-6-19(27)7-5-17/h4-9,12-13,21,33H,10-11,14-15H2,1-3H3,(H,30,34). The van der Waals surface area contributed by atoms with Crippen molar-refractivity contribution in [1.82, 2.24) is 24.8 Å². The van der Waals surface area contributed by atoms with E-state index in [2.05, 4.69) is 15.3 Å². The lowest BCUT2D eigenvalue weighted by molar-refractivity contribution is -0.120. The molecule has 0 saturated carbocycles. The highest BCUT2D eigenvalue weighted by molar-refractivity contribution is 7.19. The fourth-order valence-corrected chi connectivity index (χ4v) is 5.65. The van der Waals surface area contributed by atoms with E-state index in [0.717, 1.165) is 21.5 Å². The number of pyridine rings is 1. The fourth-order valence-electron chi connectivity index (χ4n) is 4.13. The minimum Gasteiger partial charge on any atom is -0.385 e. The first-order chi connectivity index (χ1) is 17.2. The van der Waals surface area contributed by atoms with Crippen LogP contribution in [-0.2, 0) is 31.4 Å². The second-order valence-corrected chi connectivity index (χ2v) is 10.4. The van der Waals surface area contributed by atoms with E-state index in [-0.39, 0.29) is 17.8 Å². The summed E-state index contributed by atoms with van der Waals surface area (Å²) in [6.07, 6.45) is 5.67. The van der Waals surface area contributed by atoms with Crippen LogP contribution in [0.4, 0.5) is 0 Å². The zero-order chi connectivity index (χ0) is 25.8. The van der Waals surface area contributed by atoms with E-state index in [4.69, 9.17) is 11.6 Å². The summed E-state index contributed by atoms with van der Waals surface area (Å²) in [5, 5.41) is 14.0. The van der Waals surface area contributed by atoms with Gasteiger partial charge in [-0.1, -0.05) is 23.7 Å². The normalized spacial score (nSPS) is 12.3. The monoisotopic (exact) mass is 525 g/mol. The Balaban J connectivity index is 1.47. The van der Waals surface area contributed by atoms with Crippen LogP contribution in [0.1, 0.15) is 33.4 Å². The van der Waals surface area contributed by atoms with E-state index in [9.17, 15) is 14.7 Å². The number of aliphatic hydroxyl groups excluding tert-OH is 1. The number of nitrogens with one attached hydrogen (secondary N) is 1. The molecule has 1 unspecified atom stereocenters. The van der Waals surface area contributed by atoms with Crippen molar-refractivity contribution in [1.29, 1.82) is 0 Å². The number of amides is 1. The Kier molecular flexibility index (Phi) is 8.15. The predicted octanol–water partition coefficient (Wildman–Crippen LogP) is 3.38. The Morgan fingerprint density at radius 1 is 1.28 bits per heavy atom. The Hall–Kier alpha value is -3.11. The van der Waals surface area contributed by atoms with Gasteiger partial charge in [-0.2, -0.15) is 0 Å². The lowest BCUT2D eigenvalue weighted by Crippen LogP contribution is -2.27. The maximum absolute atomic E-state index is 13.3. The third kappa shape index (κ3) is 5.99. The van der Waals surface area contributed by atoms with Gasteiger partial charge in [0, 0.05) is 60.7 Å². The van der Waals surface area contributed by atoms with Gasteiger partial charge in [0.05, 0.1) is 28.5 Å². The number of aliphatic hydroxyl groups is 1. The van der Waals surface area contributed by atoms with Gasteiger partial charge in [0.25, 0.3) is 0 Å². The van der Waals surface area contributed by atoms with E-state index < -0.39 is 6.10 Å². The second kappa shape index (κ2) is 11.3. The Bertz CT molecular complexity index is 1420. The number of aryl methyl sites for hydroxylation is 2. The maximum Gasteiger partial charge on any atom is 0.224 e. The molecule has 4 rings (SSSR count). The molecule has 1 aromatic carbocycles. The summed E-state index contributed by atoms with van der Waals surface area (Å²) >= 11 is 7.35. The van der Waals surface area contributed by atoms with Crippen LogP contribution < -0.4 is 10.7 Å². The summed E-state index contributed by atoms with van der Waals surface area (Å²) in [6.45, 7) is 3.31. The molecule has 3 heterocycles. The number of aromatic nitrogens is 3. The number of halogens is 1. The number of rotatable bonds is 9. The highest BCUT2D eigenvalue weighted by atomic mass is 35.5. The number of benzene rings is 1. The van der Waals surface area contributed by atoms with Crippen molar-refractivity contribution in [2.45, 2.75) is 32.5 Å². The van der Waals surface area contributed by atoms with E-state index in [1.165, 1.54) is 11.3 Å². The van der Waals surface area contributed by atoms with E-state index in [1.807, 2.05) is 42.6 Å². The molecule has 4 aromatic rings. The molecule has 8 nitrogen and oxygen atoms in total. The van der Waals surface area contributed by atoms with Gasteiger partial charge in [0.1, 0.15) is 6.10 Å². The van der Waals surface area contributed by atoms with Gasteiger partial charge in [-0.05, 0) is 37.2 Å². The van der Waals surface area contributed by atoms with Gasteiger partial charge in [-0.3, -0.25) is 24.5 Å². The van der Waals surface area contributed by atoms with Gasteiger partial charge < -0.3 is 15.0 Å². The molecule has 0 radical (unpaired) electrons. The molecular formula is C26H28ClN5O3S. The number of hydrogen-bond acceptors (Lipinski definition) is 7. The second-order valence-electron chi connectivity index (χ2n) is 8.85. The lowest BCUT2D eigenvalue weighted by atomic mass is 10.1. The molecule has 3 aromatic heterocycles. The molecule has 36 heavy (non-hydrogen) atoms. The van der Waals surface area contributed by atoms with Crippen LogP contribution in [-0.4, -0.2) is 44.0 Å². The van der Waals surface area contributed by atoms with Crippen molar-refractivity contribution in [3.63, 3.8) is 0 Å². The van der Waals surface area contributed by atoms with Crippen LogP contribution in [0.15, 0.2) is 53.8 Å². The van der Waals surface area contributed by atoms with Crippen LogP contribution in [0.5, 0.6) is 0 Å². The average molecular weight is 526 g/mol. The highest BCUT2D eigenvalue weighted by Gasteiger charge is 2.19. The Morgan fingerprint density at radius 2 is 2.03 bits per heavy atom. The summed E-state index contributed by atoms with van der Waals surface area (Å²) in [6, 6.07) is 7.26. The van der Waals surface area contributed by atoms with Crippen molar-refractivity contribution < 1.29 is 9.90 Å². The molecule has 0 aliphatic rings. The average Bonchev–Trinajstić information content (AvgIpc) is 3.18. The minimum atomic E-state index is -0.762. The molecule has 0 saturated heterocycles. The van der Waals surface area contributed by atoms with Gasteiger partial charge in [0.2, 0.25) is 11.3 Å². The zero-order valence-corrected chi connectivity index (χ0v) is 21.9. The van der Waals surface area contributed by atoms with Crippen molar-refractivity contribution in [2.24, 2.45) is 7.05 Å². The van der Waals surface area contributed by atoms with Gasteiger partial charge >= 0.3 is 0 Å². The van der Waals surface area contributed by atoms with Crippen molar-refractivity contribution >= 4 is 39.1 Å². The summed E-state index contributed by atoms with van der Waals surface area (Å²) in [5.74, 6) is -0.215. The van der Waals surface area contributed by atoms with Crippen molar-refractivity contribution in [3.8, 4) is 0 Å². The summed E-state index contributed by atoms with van der Waals surface area (Å²) in [7, 11) is 3.81. The first-order valence-corrected chi connectivity index (χ1v) is 12.7. The molecule has 0 fully saturated rings. The van der Waals surface area contributed by atoms with Gasteiger partial charge in [-0.15, -0.1) is 11.3 Å². The van der Waals surface area contributed by atoms with Crippen LogP contribution in [0, 0.1) is 6.92 Å². The molecular weight excluding hydrogens is 498 g/mol. The Labute approximate surface area is 218 Å². The molecule has 10 heteroatoms. The predicted molar refractivity (Wildman–Crippen MR) is 142 cm³/mol. The molecule has 2 N–H and O–H groups in total. The Morgan fingerprint density at radius 3 is 2.72 bits per heavy atom. The van der Waals surface area contributed by atoms with E-state index in [0.29, 0.717) is 40.6 Å². The van der Waals surface area contributed by atoms with Crippen molar-refractivity contribution in [2.75, 3.05) is 13.6 Å². The van der Waals surface area contributed by atoms with E-state index in [1.54, 1.807) is 36.9 Å². The molecule has 0 bridgehead atoms. The smallest absolute Gasteiger partial charge is 0.224 e. The van der Waals surface area contributed by atoms with Crippen LogP contribution in [0.2, 0.25) is 5.02 Å². The van der Waals surface area contributed by atoms with Gasteiger partial charge in [-0.25, -0.2) is 0 Å². The van der Waals surface area contributed by atoms with E-state index >= 15 is 0 Å². The molecule has 1 amide bonds. The highest BCUT2D eigenvalue weighted by Crippen LogP contribution is 2.30. The first-order valence-electron chi connectivity index (χ1n) is 11.5. The summed E-state index contributed by atoms with van der Waals surface area (Å²) < 4.78 is 2.55. The quantitative estimate of drug-likeness (QED) is 0.347. The number of thiophene rings is 1. The summed E-state index contributed by atoms with van der Waals surface area (Å²) in [4.78, 5) is 37.0. The summed E-state index contributed by atoms with van der Waals surface area (Å²) in [5.41, 5.74) is 3.68. The zero-order valence-electron chi connectivity index (χ0n) is 20.4. The van der Waals surface area contributed by atoms with Crippen LogP contribution >= 0.6 is 22.9 Å². The topological polar surface area (TPSA) is 100 Å². The number of hydrogen-bond donors (Lipinski definition) is 2. The maximum atomic E-state index is 13.3. The molecule has 188 valence electrons. The van der Waals surface area contributed by atoms with Crippen LogP contribution in [0.25, 0.3) is 10.2 Å². The molecule has 1 atom stereocenters. The number of fused-ring (bicyclic) bond motifs is 1. The number of carbonyl (C=O) groups excluding carboxylic acids is 1. The third-order valence-corrected chi connectivity index (χ3v) is 7.51. The minimum absolute atomic E-state index is 0.00664. The molecule has 0 aliphatic carbocycles. The van der Waals surface area contributed by atoms with Gasteiger partial charge in [0.15, 0.2) is 0 Å². The number of nitrogens with zero attached hydrogens (tertiary/aromatic N) is 4. The van der Waals surface area contributed by atoms with Crippen LogP contribution in [0.3, 0.4) is 0 Å². The number of likely N-dealkylation sites (N-methyl/N-ethyl adjacent to an activating group) is 1.